The van der Waals surface area contributed by atoms with E-state index in [1.165, 1.54) is 16.7 Å². The zero-order valence-electron chi connectivity index (χ0n) is 10.9. The summed E-state index contributed by atoms with van der Waals surface area (Å²) in [5.41, 5.74) is 12.4. The Balaban J connectivity index is 2.15. The van der Waals surface area contributed by atoms with E-state index in [0.717, 1.165) is 29.8 Å². The van der Waals surface area contributed by atoms with Gasteiger partial charge in [-0.3, -0.25) is 4.79 Å². The number of hydrogen-bond donors (Lipinski definition) is 1. The molecule has 96 valence electrons. The lowest BCUT2D eigenvalue weighted by Crippen LogP contribution is -2.16. The van der Waals surface area contributed by atoms with Crippen LogP contribution >= 0.6 is 0 Å². The van der Waals surface area contributed by atoms with Crippen LogP contribution in [0.25, 0.3) is 0 Å². The molecule has 1 aromatic carbocycles. The largest absolute Gasteiger partial charge is 0.330 e. The number of nitrogens with zero attached hydrogens (tertiary/aromatic N) is 1. The summed E-state index contributed by atoms with van der Waals surface area (Å²) in [6, 6.07) is 4.15. The lowest BCUT2D eigenvalue weighted by atomic mass is 9.87. The van der Waals surface area contributed by atoms with E-state index in [1.54, 1.807) is 12.2 Å². The monoisotopic (exact) mass is 252 g/mol. The van der Waals surface area contributed by atoms with Crippen molar-refractivity contribution < 1.29 is 4.79 Å². The average molecular weight is 252 g/mol. The fourth-order valence-electron chi connectivity index (χ4n) is 2.72. The first kappa shape index (κ1) is 12.1. The number of carbonyl (C=O) groups is 1. The molecule has 3 heteroatoms. The average Bonchev–Trinajstić information content (AvgIpc) is 2.40. The molecule has 1 aliphatic carbocycles. The second kappa shape index (κ2) is 4.59. The van der Waals surface area contributed by atoms with Crippen LogP contribution in [0.2, 0.25) is 0 Å². The molecule has 0 spiro atoms. The Bertz CT molecular complexity index is 651. The first-order valence-electron chi connectivity index (χ1n) is 6.52. The van der Waals surface area contributed by atoms with Crippen LogP contribution in [0.1, 0.15) is 16.7 Å². The fraction of sp³-hybridized carbons (Fsp3) is 0.250. The highest BCUT2D eigenvalue weighted by Gasteiger charge is 2.21. The van der Waals surface area contributed by atoms with E-state index in [9.17, 15) is 4.79 Å². The van der Waals surface area contributed by atoms with Crippen LogP contribution in [0.4, 0.5) is 5.69 Å². The molecule has 0 atom stereocenters. The summed E-state index contributed by atoms with van der Waals surface area (Å²) in [6.45, 7) is 2.73. The number of aliphatic imine (C=N–C) groups is 1. The van der Waals surface area contributed by atoms with Crippen molar-refractivity contribution in [3.8, 4) is 0 Å². The van der Waals surface area contributed by atoms with Gasteiger partial charge in [0.2, 0.25) is 0 Å². The Morgan fingerprint density at radius 2 is 2.16 bits per heavy atom. The molecule has 0 unspecified atom stereocenters. The maximum atomic E-state index is 11.5. The third kappa shape index (κ3) is 2.06. The highest BCUT2D eigenvalue weighted by molar-refractivity contribution is 6.21. The quantitative estimate of drug-likeness (QED) is 0.820. The normalized spacial score (nSPS) is 16.6. The molecule has 0 amide bonds. The summed E-state index contributed by atoms with van der Waals surface area (Å²) in [5, 5.41) is 0. The highest BCUT2D eigenvalue weighted by Crippen LogP contribution is 2.34. The third-order valence-electron chi connectivity index (χ3n) is 3.69. The van der Waals surface area contributed by atoms with Crippen molar-refractivity contribution in [3.05, 3.63) is 52.6 Å². The Kier molecular flexibility index (Phi) is 2.91. The Hall–Kier alpha value is -2.00. The maximum Gasteiger partial charge on any atom is 0.179 e. The van der Waals surface area contributed by atoms with Crippen LogP contribution in [0.3, 0.4) is 0 Å². The van der Waals surface area contributed by atoms with Gasteiger partial charge in [-0.1, -0.05) is 6.07 Å². The number of carbonyl (C=O) groups excluding carboxylic acids is 1. The predicted molar refractivity (Wildman–Crippen MR) is 77.0 cm³/mol. The van der Waals surface area contributed by atoms with E-state index >= 15 is 0 Å². The first-order valence-corrected chi connectivity index (χ1v) is 6.52. The molecule has 1 aliphatic heterocycles. The van der Waals surface area contributed by atoms with Crippen molar-refractivity contribution in [2.75, 3.05) is 6.54 Å². The summed E-state index contributed by atoms with van der Waals surface area (Å²) in [4.78, 5) is 16.1. The van der Waals surface area contributed by atoms with Crippen LogP contribution in [0.15, 0.2) is 40.9 Å². The number of aryl methyl sites for hydroxylation is 1. The van der Waals surface area contributed by atoms with E-state index < -0.39 is 0 Å². The molecule has 0 bridgehead atoms. The van der Waals surface area contributed by atoms with E-state index in [2.05, 4.69) is 24.0 Å². The van der Waals surface area contributed by atoms with E-state index in [0.29, 0.717) is 6.54 Å². The minimum atomic E-state index is 0.0467. The summed E-state index contributed by atoms with van der Waals surface area (Å²) >= 11 is 0. The van der Waals surface area contributed by atoms with E-state index in [-0.39, 0.29) is 5.78 Å². The zero-order chi connectivity index (χ0) is 13.4. The lowest BCUT2D eigenvalue weighted by molar-refractivity contribution is -0.110. The van der Waals surface area contributed by atoms with Gasteiger partial charge in [0.15, 0.2) is 5.78 Å². The number of allylic oxidation sites excluding steroid dienone is 4. The summed E-state index contributed by atoms with van der Waals surface area (Å²) in [5.74, 6) is 0.0467. The summed E-state index contributed by atoms with van der Waals surface area (Å²) in [6.07, 6.45) is 6.71. The second-order valence-corrected chi connectivity index (χ2v) is 4.98. The van der Waals surface area contributed by atoms with E-state index in [1.807, 2.05) is 6.08 Å². The van der Waals surface area contributed by atoms with Crippen LogP contribution < -0.4 is 5.73 Å². The van der Waals surface area contributed by atoms with Gasteiger partial charge in [0.1, 0.15) is 0 Å². The maximum absolute atomic E-state index is 11.5. The first-order chi connectivity index (χ1) is 9.19. The predicted octanol–water partition coefficient (Wildman–Crippen LogP) is 2.19. The van der Waals surface area contributed by atoms with Crippen LogP contribution in [0.5, 0.6) is 0 Å². The molecule has 0 radical (unpaired) electrons. The zero-order valence-corrected chi connectivity index (χ0v) is 10.9. The van der Waals surface area contributed by atoms with Crippen LogP contribution in [0, 0.1) is 6.92 Å². The number of fused-ring (bicyclic) bond motifs is 2. The molecular weight excluding hydrogens is 236 g/mol. The van der Waals surface area contributed by atoms with Gasteiger partial charge in [0, 0.05) is 6.42 Å². The van der Waals surface area contributed by atoms with Crippen molar-refractivity contribution in [1.29, 1.82) is 0 Å². The molecule has 2 aliphatic rings. The molecule has 0 aromatic heterocycles. The number of ketones is 1. The van der Waals surface area contributed by atoms with Gasteiger partial charge >= 0.3 is 0 Å². The van der Waals surface area contributed by atoms with Gasteiger partial charge in [-0.15, -0.1) is 0 Å². The fourth-order valence-corrected chi connectivity index (χ4v) is 2.72. The topological polar surface area (TPSA) is 55.5 Å². The Labute approximate surface area is 112 Å². The summed E-state index contributed by atoms with van der Waals surface area (Å²) < 4.78 is 0. The Morgan fingerprint density at radius 3 is 2.95 bits per heavy atom. The second-order valence-electron chi connectivity index (χ2n) is 4.98. The molecule has 1 heterocycles. The number of rotatable bonds is 2. The number of benzene rings is 1. The van der Waals surface area contributed by atoms with Crippen LogP contribution in [-0.2, 0) is 17.6 Å². The smallest absolute Gasteiger partial charge is 0.179 e. The van der Waals surface area contributed by atoms with Crippen molar-refractivity contribution in [2.45, 2.75) is 19.8 Å². The van der Waals surface area contributed by atoms with E-state index in [4.69, 9.17) is 5.73 Å². The van der Waals surface area contributed by atoms with Crippen molar-refractivity contribution in [1.82, 2.24) is 0 Å². The molecule has 0 fully saturated rings. The standard InChI is InChI=1S/C16H16N2O/c1-10-2-4-16-14(13(10)6-7-17)9-11-8-12(19)3-5-15(11)18-16/h2-5,8H,6-7,9,17H2,1H3. The molecule has 19 heavy (non-hydrogen) atoms. The van der Waals surface area contributed by atoms with Crippen molar-refractivity contribution >= 4 is 17.2 Å². The molecule has 3 rings (SSSR count). The molecule has 0 saturated carbocycles. The van der Waals surface area contributed by atoms with Gasteiger partial charge in [0.25, 0.3) is 0 Å². The minimum Gasteiger partial charge on any atom is -0.330 e. The van der Waals surface area contributed by atoms with Crippen molar-refractivity contribution in [2.24, 2.45) is 10.7 Å². The van der Waals surface area contributed by atoms with Crippen molar-refractivity contribution in [3.63, 3.8) is 0 Å². The lowest BCUT2D eigenvalue weighted by Gasteiger charge is -2.22. The molecule has 2 N–H and O–H groups in total. The molecule has 3 nitrogen and oxygen atoms in total. The third-order valence-corrected chi connectivity index (χ3v) is 3.69. The Morgan fingerprint density at radius 1 is 1.32 bits per heavy atom. The molecule has 0 saturated heterocycles. The molecule has 1 aromatic rings. The van der Waals surface area contributed by atoms with Gasteiger partial charge in [-0.05, 0) is 66.4 Å². The number of hydrogen-bond acceptors (Lipinski definition) is 3. The molecular formula is C16H16N2O. The van der Waals surface area contributed by atoms with Gasteiger partial charge in [0.05, 0.1) is 11.4 Å². The van der Waals surface area contributed by atoms with Gasteiger partial charge < -0.3 is 5.73 Å². The van der Waals surface area contributed by atoms with Crippen LogP contribution in [-0.4, -0.2) is 18.0 Å². The number of nitrogens with two attached hydrogens (primary N) is 1. The SMILES string of the molecule is Cc1ccc2c(c1CCN)CC1=CC(=O)C=CC1=N2. The summed E-state index contributed by atoms with van der Waals surface area (Å²) in [7, 11) is 0. The van der Waals surface area contributed by atoms with Gasteiger partial charge in [-0.2, -0.15) is 0 Å². The van der Waals surface area contributed by atoms with Gasteiger partial charge in [-0.25, -0.2) is 4.99 Å². The highest BCUT2D eigenvalue weighted by atomic mass is 16.1. The minimum absolute atomic E-state index is 0.0467.